The lowest BCUT2D eigenvalue weighted by Crippen LogP contribution is -2.17. The Balaban J connectivity index is 1.16. The fourth-order valence-corrected chi connectivity index (χ4v) is 9.28. The van der Waals surface area contributed by atoms with Gasteiger partial charge in [-0.3, -0.25) is 0 Å². The first-order chi connectivity index (χ1) is 25.8. The van der Waals surface area contributed by atoms with Gasteiger partial charge >= 0.3 is 0 Å². The van der Waals surface area contributed by atoms with E-state index in [2.05, 4.69) is 142 Å². The van der Waals surface area contributed by atoms with Crippen molar-refractivity contribution in [3.63, 3.8) is 0 Å². The van der Waals surface area contributed by atoms with Gasteiger partial charge in [-0.1, -0.05) is 119 Å². The minimum absolute atomic E-state index is 0.130. The maximum atomic E-state index is 6.69. The second-order valence-electron chi connectivity index (χ2n) is 15.6. The molecular weight excluding hydrogens is 649 g/mol. The summed E-state index contributed by atoms with van der Waals surface area (Å²) >= 11 is 0. The van der Waals surface area contributed by atoms with E-state index in [-0.39, 0.29) is 10.8 Å². The number of aromatic nitrogens is 1. The molecule has 0 atom stereocenters. The van der Waals surface area contributed by atoms with Gasteiger partial charge in [0.25, 0.3) is 0 Å². The van der Waals surface area contributed by atoms with Crippen LogP contribution in [0.2, 0.25) is 0 Å². The molecule has 2 aliphatic carbocycles. The number of furan rings is 1. The number of nitrogens with zero attached hydrogens (tertiary/aromatic N) is 2. The first kappa shape index (κ1) is 30.3. The number of fused-ring (bicyclic) bond motifs is 10. The van der Waals surface area contributed by atoms with Crippen molar-refractivity contribution in [1.82, 2.24) is 4.98 Å². The molecule has 0 bridgehead atoms. The molecule has 9 aromatic rings. The number of benzene rings is 7. The fourth-order valence-electron chi connectivity index (χ4n) is 9.28. The molecule has 2 heterocycles. The Morgan fingerprint density at radius 2 is 1.04 bits per heavy atom. The van der Waals surface area contributed by atoms with Gasteiger partial charge in [-0.2, -0.15) is 0 Å². The van der Waals surface area contributed by atoms with Crippen LogP contribution in [0.3, 0.4) is 0 Å². The molecule has 53 heavy (non-hydrogen) atoms. The summed E-state index contributed by atoms with van der Waals surface area (Å²) in [6, 6.07) is 52.2. The van der Waals surface area contributed by atoms with Crippen LogP contribution in [0, 0.1) is 0 Å². The van der Waals surface area contributed by atoms with Crippen LogP contribution in [0.1, 0.15) is 49.9 Å². The minimum Gasteiger partial charge on any atom is -0.456 e. The van der Waals surface area contributed by atoms with Crippen LogP contribution < -0.4 is 4.90 Å². The lowest BCUT2D eigenvalue weighted by molar-refractivity contribution is 0.617. The summed E-state index contributed by atoms with van der Waals surface area (Å²) in [5, 5.41) is 2.07. The minimum atomic E-state index is -0.130. The van der Waals surface area contributed by atoms with Gasteiger partial charge in [0.2, 0.25) is 5.89 Å². The van der Waals surface area contributed by atoms with Gasteiger partial charge < -0.3 is 13.7 Å². The molecule has 4 nitrogen and oxygen atoms in total. The Morgan fingerprint density at radius 1 is 0.472 bits per heavy atom. The summed E-state index contributed by atoms with van der Waals surface area (Å²) < 4.78 is 12.9. The average molecular weight is 685 g/mol. The number of rotatable bonds is 4. The summed E-state index contributed by atoms with van der Waals surface area (Å²) in [6.07, 6.45) is 0. The van der Waals surface area contributed by atoms with Gasteiger partial charge in [0.05, 0.1) is 11.4 Å². The number of hydrogen-bond acceptors (Lipinski definition) is 4. The lowest BCUT2D eigenvalue weighted by Gasteiger charge is -2.31. The Kier molecular flexibility index (Phi) is 6.04. The monoisotopic (exact) mass is 684 g/mol. The largest absolute Gasteiger partial charge is 0.456 e. The summed E-state index contributed by atoms with van der Waals surface area (Å²) in [6.45, 7) is 9.39. The van der Waals surface area contributed by atoms with Crippen LogP contribution in [0.5, 0.6) is 0 Å². The van der Waals surface area contributed by atoms with Crippen LogP contribution in [0.15, 0.2) is 154 Å². The molecule has 0 saturated heterocycles. The van der Waals surface area contributed by atoms with Crippen molar-refractivity contribution < 1.29 is 8.83 Å². The maximum Gasteiger partial charge on any atom is 0.227 e. The molecule has 0 amide bonds. The zero-order chi connectivity index (χ0) is 35.6. The van der Waals surface area contributed by atoms with Gasteiger partial charge in [-0.25, -0.2) is 4.98 Å². The normalized spacial score (nSPS) is 14.7. The van der Waals surface area contributed by atoms with Crippen molar-refractivity contribution >= 4 is 50.1 Å². The highest BCUT2D eigenvalue weighted by Gasteiger charge is 2.40. The molecule has 0 saturated carbocycles. The molecule has 0 radical (unpaired) electrons. The third-order valence-corrected chi connectivity index (χ3v) is 11.9. The van der Waals surface area contributed by atoms with Crippen LogP contribution in [-0.4, -0.2) is 4.98 Å². The SMILES string of the molecule is CC1(C)c2ccccc2-c2c(N(c3ccc4c(c3)oc3cc5oc(-c6ccccc6)nc5cc34)c3cccc4c3-c3ccccc3C4(C)C)cccc21. The van der Waals surface area contributed by atoms with Crippen LogP contribution in [0.4, 0.5) is 17.1 Å². The number of oxazole rings is 1. The van der Waals surface area contributed by atoms with Crippen molar-refractivity contribution in [3.05, 3.63) is 168 Å². The summed E-state index contributed by atoms with van der Waals surface area (Å²) in [5.74, 6) is 0.607. The van der Waals surface area contributed by atoms with Gasteiger partial charge in [-0.05, 0) is 75.8 Å². The summed E-state index contributed by atoms with van der Waals surface area (Å²) in [7, 11) is 0. The Hall–Kier alpha value is -6.39. The molecular formula is C49H36N2O2. The second-order valence-corrected chi connectivity index (χ2v) is 15.6. The highest BCUT2D eigenvalue weighted by Crippen LogP contribution is 2.58. The standard InChI is InChI=1S/C49H36N2O2/c1-48(2)35-18-10-8-16-32(35)45-37(48)20-12-22-40(45)51(41-23-13-21-38-46(41)33-17-9-11-19-36(33)49(38,3)4)30-24-25-31-34-27-39-44(28-43(34)52-42(31)26-30)53-47(50-39)29-14-6-5-7-15-29/h5-28H,1-4H3. The van der Waals surface area contributed by atoms with Crippen LogP contribution in [-0.2, 0) is 10.8 Å². The molecule has 2 aromatic heterocycles. The third kappa shape index (κ3) is 4.15. The van der Waals surface area contributed by atoms with E-state index in [1.54, 1.807) is 0 Å². The van der Waals surface area contributed by atoms with Crippen molar-refractivity contribution in [3.8, 4) is 33.7 Å². The van der Waals surface area contributed by atoms with E-state index in [1.807, 2.05) is 36.4 Å². The Labute approximate surface area is 308 Å². The molecule has 0 N–H and O–H groups in total. The highest BCUT2D eigenvalue weighted by molar-refractivity contribution is 6.10. The third-order valence-electron chi connectivity index (χ3n) is 11.9. The van der Waals surface area contributed by atoms with Crippen molar-refractivity contribution in [1.29, 1.82) is 0 Å². The first-order valence-corrected chi connectivity index (χ1v) is 18.4. The smallest absolute Gasteiger partial charge is 0.227 e. The Morgan fingerprint density at radius 3 is 1.68 bits per heavy atom. The van der Waals surface area contributed by atoms with Crippen molar-refractivity contribution in [2.45, 2.75) is 38.5 Å². The van der Waals surface area contributed by atoms with E-state index in [9.17, 15) is 0 Å². The molecule has 4 heteroatoms. The van der Waals surface area contributed by atoms with E-state index in [0.29, 0.717) is 11.5 Å². The highest BCUT2D eigenvalue weighted by atomic mass is 16.4. The summed E-state index contributed by atoms with van der Waals surface area (Å²) in [4.78, 5) is 7.33. The topological polar surface area (TPSA) is 42.4 Å². The lowest BCUT2D eigenvalue weighted by atomic mass is 9.82. The molecule has 0 aliphatic heterocycles. The van der Waals surface area contributed by atoms with Gasteiger partial charge in [0.15, 0.2) is 5.58 Å². The van der Waals surface area contributed by atoms with E-state index >= 15 is 0 Å². The van der Waals surface area contributed by atoms with Crippen LogP contribution in [0.25, 0.3) is 66.7 Å². The first-order valence-electron chi connectivity index (χ1n) is 18.4. The van der Waals surface area contributed by atoms with E-state index in [1.165, 1.54) is 44.5 Å². The average Bonchev–Trinajstić information content (AvgIpc) is 3.89. The number of anilines is 3. The molecule has 0 unspecified atom stereocenters. The fraction of sp³-hybridized carbons (Fsp3) is 0.122. The molecule has 0 fully saturated rings. The van der Waals surface area contributed by atoms with Crippen molar-refractivity contribution in [2.75, 3.05) is 4.90 Å². The summed E-state index contributed by atoms with van der Waals surface area (Å²) in [5.41, 5.74) is 17.7. The number of hydrogen-bond donors (Lipinski definition) is 0. The van der Waals surface area contributed by atoms with Crippen LogP contribution >= 0.6 is 0 Å². The molecule has 2 aliphatic rings. The predicted octanol–water partition coefficient (Wildman–Crippen LogP) is 13.5. The van der Waals surface area contributed by atoms with E-state index in [0.717, 1.165) is 50.1 Å². The zero-order valence-corrected chi connectivity index (χ0v) is 30.1. The predicted molar refractivity (Wildman–Crippen MR) is 217 cm³/mol. The van der Waals surface area contributed by atoms with Gasteiger partial charge in [0, 0.05) is 56.1 Å². The molecule has 0 spiro atoms. The van der Waals surface area contributed by atoms with Gasteiger partial charge in [-0.15, -0.1) is 0 Å². The Bertz CT molecular complexity index is 2860. The maximum absolute atomic E-state index is 6.69. The molecule has 254 valence electrons. The van der Waals surface area contributed by atoms with Crippen molar-refractivity contribution in [2.24, 2.45) is 0 Å². The molecule has 11 rings (SSSR count). The zero-order valence-electron chi connectivity index (χ0n) is 30.1. The second kappa shape index (κ2) is 10.6. The van der Waals surface area contributed by atoms with Gasteiger partial charge in [0.1, 0.15) is 16.7 Å². The van der Waals surface area contributed by atoms with E-state index in [4.69, 9.17) is 13.8 Å². The quantitative estimate of drug-likeness (QED) is 0.185. The van der Waals surface area contributed by atoms with E-state index < -0.39 is 0 Å². The molecule has 7 aromatic carbocycles.